The molecule has 9 heteroatoms. The van der Waals surface area contributed by atoms with Crippen molar-refractivity contribution in [1.29, 1.82) is 0 Å². The lowest BCUT2D eigenvalue weighted by Crippen LogP contribution is -2.66. The number of nitrogens with two attached hydrogens (primary N) is 2. The van der Waals surface area contributed by atoms with Gasteiger partial charge in [0.2, 0.25) is 11.7 Å². The highest BCUT2D eigenvalue weighted by Crippen LogP contribution is 2.52. The van der Waals surface area contributed by atoms with E-state index in [9.17, 15) is 34.8 Å². The molecular formula is C25H24N2O7. The summed E-state index contributed by atoms with van der Waals surface area (Å²) < 4.78 is 0. The van der Waals surface area contributed by atoms with E-state index in [1.807, 2.05) is 12.1 Å². The van der Waals surface area contributed by atoms with E-state index < -0.39 is 52.7 Å². The van der Waals surface area contributed by atoms with Gasteiger partial charge < -0.3 is 31.9 Å². The van der Waals surface area contributed by atoms with Crippen molar-refractivity contribution in [2.75, 3.05) is 5.73 Å². The molecule has 0 bridgehead atoms. The van der Waals surface area contributed by atoms with Gasteiger partial charge in [0.1, 0.15) is 17.4 Å². The number of primary amides is 1. The molecule has 8 N–H and O–H groups in total. The van der Waals surface area contributed by atoms with E-state index in [0.717, 1.165) is 11.1 Å². The number of amides is 1. The third kappa shape index (κ3) is 2.90. The molecule has 0 radical (unpaired) electrons. The van der Waals surface area contributed by atoms with Crippen molar-refractivity contribution in [2.45, 2.75) is 31.0 Å². The molecule has 0 spiro atoms. The van der Waals surface area contributed by atoms with Gasteiger partial charge in [-0.2, -0.15) is 0 Å². The van der Waals surface area contributed by atoms with E-state index in [1.54, 1.807) is 18.2 Å². The van der Waals surface area contributed by atoms with Crippen LogP contribution in [0, 0.1) is 17.8 Å². The summed E-state index contributed by atoms with van der Waals surface area (Å²) in [7, 11) is 0. The number of benzene rings is 2. The standard InChI is InChI=1S/C25H24N2O7/c26-13-3-1-10(2-4-13)14-5-6-16(28)19-15(14)8-11-7-12-9-17(29)20(24(27)33)23(32)25(12,34)22(31)18(11)21(19)30/h1-6,11-12,17,20,28-30,34H,7-9,26H2,(H2,27,33)/t11-,12+,17?,20?,25+/m1/s1. The maximum atomic E-state index is 13.5. The minimum Gasteiger partial charge on any atom is -0.507 e. The Bertz CT molecular complexity index is 1280. The van der Waals surface area contributed by atoms with Crippen LogP contribution in [-0.2, 0) is 20.8 Å². The van der Waals surface area contributed by atoms with E-state index in [1.165, 1.54) is 6.07 Å². The van der Waals surface area contributed by atoms with Crippen molar-refractivity contribution in [3.05, 3.63) is 53.1 Å². The van der Waals surface area contributed by atoms with Crippen LogP contribution in [0.4, 0.5) is 5.69 Å². The van der Waals surface area contributed by atoms with Crippen LogP contribution in [0.25, 0.3) is 16.9 Å². The minimum absolute atomic E-state index is 0.0609. The van der Waals surface area contributed by atoms with Crippen LogP contribution in [-0.4, -0.2) is 49.6 Å². The molecule has 9 nitrogen and oxygen atoms in total. The van der Waals surface area contributed by atoms with E-state index in [2.05, 4.69) is 0 Å². The summed E-state index contributed by atoms with van der Waals surface area (Å²) in [5.74, 6) is -7.28. The molecule has 0 saturated heterocycles. The van der Waals surface area contributed by atoms with Crippen LogP contribution in [0.5, 0.6) is 5.75 Å². The summed E-state index contributed by atoms with van der Waals surface area (Å²) >= 11 is 0. The lowest BCUT2D eigenvalue weighted by molar-refractivity contribution is -0.174. The summed E-state index contributed by atoms with van der Waals surface area (Å²) in [6.45, 7) is 0. The van der Waals surface area contributed by atoms with E-state index in [4.69, 9.17) is 11.5 Å². The fourth-order valence-corrected chi connectivity index (χ4v) is 5.86. The topological polar surface area (TPSA) is 184 Å². The Morgan fingerprint density at radius 2 is 1.71 bits per heavy atom. The summed E-state index contributed by atoms with van der Waals surface area (Å²) in [6, 6.07) is 10.2. The number of hydrogen-bond acceptors (Lipinski definition) is 8. The van der Waals surface area contributed by atoms with Gasteiger partial charge in [-0.3, -0.25) is 14.4 Å². The second-order valence-corrected chi connectivity index (χ2v) is 9.35. The Balaban J connectivity index is 1.66. The van der Waals surface area contributed by atoms with E-state index >= 15 is 0 Å². The van der Waals surface area contributed by atoms with Gasteiger partial charge in [-0.15, -0.1) is 0 Å². The number of phenolic OH excluding ortho intramolecular Hbond substituents is 1. The number of aliphatic hydroxyl groups is 3. The molecule has 34 heavy (non-hydrogen) atoms. The lowest BCUT2D eigenvalue weighted by atomic mass is 9.56. The van der Waals surface area contributed by atoms with Gasteiger partial charge in [-0.1, -0.05) is 18.2 Å². The van der Waals surface area contributed by atoms with Gasteiger partial charge >= 0.3 is 0 Å². The second-order valence-electron chi connectivity index (χ2n) is 9.35. The van der Waals surface area contributed by atoms with Crippen molar-refractivity contribution in [2.24, 2.45) is 23.5 Å². The maximum Gasteiger partial charge on any atom is 0.230 e. The molecule has 2 saturated carbocycles. The average Bonchev–Trinajstić information content (AvgIpc) is 2.77. The van der Waals surface area contributed by atoms with Crippen molar-refractivity contribution >= 4 is 28.9 Å². The highest BCUT2D eigenvalue weighted by Gasteiger charge is 2.63. The fraction of sp³-hybridized carbons (Fsp3) is 0.320. The number of nitrogen functional groups attached to an aromatic ring is 1. The van der Waals surface area contributed by atoms with Gasteiger partial charge in [0.25, 0.3) is 0 Å². The maximum absolute atomic E-state index is 13.5. The van der Waals surface area contributed by atoms with Crippen LogP contribution in [0.1, 0.15) is 24.0 Å². The highest BCUT2D eigenvalue weighted by atomic mass is 16.3. The zero-order chi connectivity index (χ0) is 24.5. The molecule has 2 aromatic carbocycles. The number of phenols is 1. The number of carbonyl (C=O) groups excluding carboxylic acids is 3. The van der Waals surface area contributed by atoms with Crippen LogP contribution in [0.15, 0.2) is 42.0 Å². The number of hydrogen-bond donors (Lipinski definition) is 6. The van der Waals surface area contributed by atoms with Crippen molar-refractivity contribution < 1.29 is 34.8 Å². The molecule has 3 aliphatic rings. The Kier molecular flexibility index (Phi) is 4.82. The van der Waals surface area contributed by atoms with Gasteiger partial charge in [0.15, 0.2) is 11.4 Å². The number of Topliss-reactive ketones (excluding diaryl/α,β-unsaturated/α-hetero) is 2. The molecule has 5 rings (SSSR count). The summed E-state index contributed by atoms with van der Waals surface area (Å²) in [5.41, 5.74) is 11.1. The monoisotopic (exact) mass is 464 g/mol. The van der Waals surface area contributed by atoms with Gasteiger partial charge in [0, 0.05) is 17.2 Å². The second kappa shape index (κ2) is 7.41. The molecular weight excluding hydrogens is 440 g/mol. The number of fused-ring (bicyclic) bond motifs is 3. The Morgan fingerprint density at radius 1 is 1.03 bits per heavy atom. The molecule has 0 heterocycles. The third-order valence-electron chi connectivity index (χ3n) is 7.49. The zero-order valence-electron chi connectivity index (χ0n) is 18.1. The zero-order valence-corrected chi connectivity index (χ0v) is 18.1. The molecule has 2 aromatic rings. The SMILES string of the molecule is NC(=O)C1C(=O)[C@@]2(O)C(=O)C3=C(O)c4c(O)ccc(-c5ccc(N)cc5)c4C[C@H]3C[C@H]2CC1O. The molecule has 2 unspecified atom stereocenters. The molecule has 0 aliphatic heterocycles. The first-order valence-electron chi connectivity index (χ1n) is 11.0. The quantitative estimate of drug-likeness (QED) is 0.279. The van der Waals surface area contributed by atoms with Gasteiger partial charge in [-0.05, 0) is 60.1 Å². The summed E-state index contributed by atoms with van der Waals surface area (Å²) in [4.78, 5) is 38.3. The van der Waals surface area contributed by atoms with Gasteiger partial charge in [0.05, 0.1) is 11.7 Å². The minimum atomic E-state index is -2.58. The smallest absolute Gasteiger partial charge is 0.230 e. The van der Waals surface area contributed by atoms with Crippen LogP contribution in [0.2, 0.25) is 0 Å². The van der Waals surface area contributed by atoms with E-state index in [0.29, 0.717) is 11.3 Å². The van der Waals surface area contributed by atoms with Crippen molar-refractivity contribution in [1.82, 2.24) is 0 Å². The number of aromatic hydroxyl groups is 1. The summed E-state index contributed by atoms with van der Waals surface area (Å²) in [5, 5.41) is 43.3. The van der Waals surface area contributed by atoms with Crippen molar-refractivity contribution in [3.63, 3.8) is 0 Å². The van der Waals surface area contributed by atoms with Crippen molar-refractivity contribution in [3.8, 4) is 16.9 Å². The lowest BCUT2D eigenvalue weighted by Gasteiger charge is -2.48. The molecule has 2 fully saturated rings. The van der Waals surface area contributed by atoms with Crippen LogP contribution in [0.3, 0.4) is 0 Å². The predicted octanol–water partition coefficient (Wildman–Crippen LogP) is 0.838. The number of aliphatic hydroxyl groups excluding tert-OH is 2. The van der Waals surface area contributed by atoms with Crippen LogP contribution >= 0.6 is 0 Å². The summed E-state index contributed by atoms with van der Waals surface area (Å²) in [6.07, 6.45) is -1.20. The molecule has 1 amide bonds. The molecule has 3 aliphatic carbocycles. The average molecular weight is 464 g/mol. The number of ketones is 2. The number of carbonyl (C=O) groups is 3. The fourth-order valence-electron chi connectivity index (χ4n) is 5.86. The van der Waals surface area contributed by atoms with E-state index in [-0.39, 0.29) is 36.1 Å². The first-order chi connectivity index (χ1) is 16.1. The van der Waals surface area contributed by atoms with Gasteiger partial charge in [-0.25, -0.2) is 0 Å². The largest absolute Gasteiger partial charge is 0.507 e. The van der Waals surface area contributed by atoms with Crippen LogP contribution < -0.4 is 11.5 Å². The Hall–Kier alpha value is -3.69. The molecule has 176 valence electrons. The molecule has 0 aromatic heterocycles. The normalized spacial score (nSPS) is 30.4. The number of anilines is 1. The number of rotatable bonds is 2. The highest BCUT2D eigenvalue weighted by molar-refractivity contribution is 6.24. The Morgan fingerprint density at radius 3 is 2.35 bits per heavy atom. The third-order valence-corrected chi connectivity index (χ3v) is 7.49. The Labute approximate surface area is 194 Å². The predicted molar refractivity (Wildman–Crippen MR) is 121 cm³/mol. The molecule has 5 atom stereocenters. The first kappa shape index (κ1) is 22.1. The first-order valence-corrected chi connectivity index (χ1v) is 11.0.